The number of hydrogen-bond donors (Lipinski definition) is 2. The third-order valence-electron chi connectivity index (χ3n) is 4.54. The molecule has 2 aromatic carbocycles. The summed E-state index contributed by atoms with van der Waals surface area (Å²) in [5, 5.41) is 10.6. The lowest BCUT2D eigenvalue weighted by Gasteiger charge is -2.06. The van der Waals surface area contributed by atoms with Gasteiger partial charge in [0.15, 0.2) is 5.82 Å². The summed E-state index contributed by atoms with van der Waals surface area (Å²) in [7, 11) is 1.63. The van der Waals surface area contributed by atoms with E-state index in [0.717, 1.165) is 29.8 Å². The van der Waals surface area contributed by atoms with Gasteiger partial charge in [-0.05, 0) is 66.8 Å². The van der Waals surface area contributed by atoms with Crippen molar-refractivity contribution in [1.82, 2.24) is 15.2 Å². The highest BCUT2D eigenvalue weighted by atomic mass is 32.2. The zero-order chi connectivity index (χ0) is 18.6. The molecule has 1 heterocycles. The molecule has 1 amide bonds. The van der Waals surface area contributed by atoms with Crippen LogP contribution in [0.3, 0.4) is 0 Å². The summed E-state index contributed by atoms with van der Waals surface area (Å²) >= 11 is 1.31. The quantitative estimate of drug-likeness (QED) is 0.638. The fourth-order valence-electron chi connectivity index (χ4n) is 3.17. The summed E-state index contributed by atoms with van der Waals surface area (Å²) in [6, 6.07) is 13.7. The van der Waals surface area contributed by atoms with E-state index < -0.39 is 0 Å². The van der Waals surface area contributed by atoms with Crippen LogP contribution in [-0.2, 0) is 17.6 Å². The SMILES string of the molecule is COc1ccc(-c2nc(SCC(=O)Nc3ccc4c(c3)CCC4)n[nH]2)cc1. The number of nitrogens with zero attached hydrogens (tertiary/aromatic N) is 2. The molecule has 6 nitrogen and oxygen atoms in total. The number of methoxy groups -OCH3 is 1. The highest BCUT2D eigenvalue weighted by Gasteiger charge is 2.13. The predicted molar refractivity (Wildman–Crippen MR) is 106 cm³/mol. The number of hydrogen-bond acceptors (Lipinski definition) is 5. The molecule has 0 saturated carbocycles. The number of benzene rings is 2. The first kappa shape index (κ1) is 17.6. The molecule has 3 aromatic rings. The minimum Gasteiger partial charge on any atom is -0.497 e. The lowest BCUT2D eigenvalue weighted by Crippen LogP contribution is -2.14. The third-order valence-corrected chi connectivity index (χ3v) is 5.39. The average Bonchev–Trinajstić information content (AvgIpc) is 3.35. The first-order valence-electron chi connectivity index (χ1n) is 8.82. The highest BCUT2D eigenvalue weighted by Crippen LogP contribution is 2.25. The Kier molecular flexibility index (Phi) is 5.11. The molecule has 0 fully saturated rings. The maximum Gasteiger partial charge on any atom is 0.234 e. The van der Waals surface area contributed by atoms with Crippen molar-refractivity contribution < 1.29 is 9.53 Å². The number of carbonyl (C=O) groups excluding carboxylic acids is 1. The van der Waals surface area contributed by atoms with E-state index in [9.17, 15) is 4.79 Å². The Hall–Kier alpha value is -2.80. The van der Waals surface area contributed by atoms with E-state index in [1.54, 1.807) is 7.11 Å². The largest absolute Gasteiger partial charge is 0.497 e. The van der Waals surface area contributed by atoms with Gasteiger partial charge in [-0.3, -0.25) is 9.89 Å². The number of ether oxygens (including phenoxy) is 1. The van der Waals surface area contributed by atoms with Crippen molar-refractivity contribution in [2.45, 2.75) is 24.4 Å². The molecule has 0 bridgehead atoms. The monoisotopic (exact) mass is 380 g/mol. The van der Waals surface area contributed by atoms with Gasteiger partial charge in [0.05, 0.1) is 12.9 Å². The second-order valence-corrected chi connectivity index (χ2v) is 7.31. The van der Waals surface area contributed by atoms with E-state index in [1.807, 2.05) is 30.3 Å². The summed E-state index contributed by atoms with van der Waals surface area (Å²) in [6.07, 6.45) is 3.43. The van der Waals surface area contributed by atoms with Gasteiger partial charge in [0, 0.05) is 11.3 Å². The fourth-order valence-corrected chi connectivity index (χ4v) is 3.76. The molecule has 0 aliphatic heterocycles. The zero-order valence-corrected chi connectivity index (χ0v) is 15.8. The van der Waals surface area contributed by atoms with Crippen molar-refractivity contribution in [3.05, 3.63) is 53.6 Å². The standard InChI is InChI=1S/C20H20N4O2S/c1-26-17-9-6-14(7-10-17)19-22-20(24-23-19)27-12-18(25)21-16-8-5-13-3-2-4-15(13)11-16/h5-11H,2-4,12H2,1H3,(H,21,25)(H,22,23,24). The number of aromatic nitrogens is 3. The molecule has 0 spiro atoms. The molecule has 7 heteroatoms. The lowest BCUT2D eigenvalue weighted by molar-refractivity contribution is -0.113. The van der Waals surface area contributed by atoms with E-state index in [0.29, 0.717) is 11.0 Å². The molecular weight excluding hydrogens is 360 g/mol. The molecule has 0 unspecified atom stereocenters. The van der Waals surface area contributed by atoms with Crippen LogP contribution in [0.4, 0.5) is 5.69 Å². The van der Waals surface area contributed by atoms with E-state index in [2.05, 4.69) is 32.6 Å². The number of fused-ring (bicyclic) bond motifs is 1. The minimum atomic E-state index is -0.0613. The van der Waals surface area contributed by atoms with Crippen LogP contribution in [0, 0.1) is 0 Å². The maximum absolute atomic E-state index is 12.2. The van der Waals surface area contributed by atoms with Gasteiger partial charge in [0.25, 0.3) is 0 Å². The van der Waals surface area contributed by atoms with Crippen molar-refractivity contribution in [3.63, 3.8) is 0 Å². The second kappa shape index (κ2) is 7.84. The van der Waals surface area contributed by atoms with E-state index >= 15 is 0 Å². The first-order valence-corrected chi connectivity index (χ1v) is 9.81. The van der Waals surface area contributed by atoms with Crippen LogP contribution in [0.25, 0.3) is 11.4 Å². The molecule has 1 aromatic heterocycles. The van der Waals surface area contributed by atoms with Crippen LogP contribution in [-0.4, -0.2) is 34.0 Å². The molecule has 1 aliphatic rings. The smallest absolute Gasteiger partial charge is 0.234 e. The molecule has 4 rings (SSSR count). The molecule has 2 N–H and O–H groups in total. The van der Waals surface area contributed by atoms with Crippen LogP contribution in [0.1, 0.15) is 17.5 Å². The fraction of sp³-hybridized carbons (Fsp3) is 0.250. The Balaban J connectivity index is 1.33. The van der Waals surface area contributed by atoms with E-state index in [-0.39, 0.29) is 11.7 Å². The molecule has 27 heavy (non-hydrogen) atoms. The van der Waals surface area contributed by atoms with E-state index in [4.69, 9.17) is 4.74 Å². The lowest BCUT2D eigenvalue weighted by atomic mass is 10.1. The summed E-state index contributed by atoms with van der Waals surface area (Å²) in [5.74, 6) is 1.65. The summed E-state index contributed by atoms with van der Waals surface area (Å²) in [4.78, 5) is 16.7. The van der Waals surface area contributed by atoms with Crippen molar-refractivity contribution in [3.8, 4) is 17.1 Å². The molecular formula is C20H20N4O2S. The van der Waals surface area contributed by atoms with Gasteiger partial charge < -0.3 is 10.1 Å². The minimum absolute atomic E-state index is 0.0613. The number of aromatic amines is 1. The highest BCUT2D eigenvalue weighted by molar-refractivity contribution is 7.99. The molecule has 0 saturated heterocycles. The summed E-state index contributed by atoms with van der Waals surface area (Å²) in [6.45, 7) is 0. The third kappa shape index (κ3) is 4.14. The van der Waals surface area contributed by atoms with Gasteiger partial charge in [-0.25, -0.2) is 4.98 Å². The predicted octanol–water partition coefficient (Wildman–Crippen LogP) is 3.70. The number of anilines is 1. The Morgan fingerprint density at radius 2 is 2.00 bits per heavy atom. The number of amides is 1. The van der Waals surface area contributed by atoms with Gasteiger partial charge in [0.2, 0.25) is 11.1 Å². The molecule has 138 valence electrons. The van der Waals surface area contributed by atoms with Crippen LogP contribution < -0.4 is 10.1 Å². The van der Waals surface area contributed by atoms with Crippen LogP contribution >= 0.6 is 11.8 Å². The number of rotatable bonds is 6. The van der Waals surface area contributed by atoms with Crippen molar-refractivity contribution in [1.29, 1.82) is 0 Å². The van der Waals surface area contributed by atoms with Crippen LogP contribution in [0.15, 0.2) is 47.6 Å². The first-order chi connectivity index (χ1) is 13.2. The van der Waals surface area contributed by atoms with Crippen LogP contribution in [0.2, 0.25) is 0 Å². The average molecular weight is 380 g/mol. The van der Waals surface area contributed by atoms with Crippen molar-refractivity contribution in [2.75, 3.05) is 18.2 Å². The summed E-state index contributed by atoms with van der Waals surface area (Å²) in [5.41, 5.74) is 4.51. The van der Waals surface area contributed by atoms with Gasteiger partial charge in [-0.1, -0.05) is 17.8 Å². The topological polar surface area (TPSA) is 79.9 Å². The number of carbonyl (C=O) groups is 1. The normalized spacial score (nSPS) is 12.6. The Morgan fingerprint density at radius 3 is 2.81 bits per heavy atom. The molecule has 0 radical (unpaired) electrons. The van der Waals surface area contributed by atoms with E-state index in [1.165, 1.54) is 29.3 Å². The van der Waals surface area contributed by atoms with Gasteiger partial charge >= 0.3 is 0 Å². The molecule has 0 atom stereocenters. The second-order valence-electron chi connectivity index (χ2n) is 6.37. The van der Waals surface area contributed by atoms with Gasteiger partial charge in [-0.15, -0.1) is 5.10 Å². The molecule has 1 aliphatic carbocycles. The Morgan fingerprint density at radius 1 is 1.19 bits per heavy atom. The summed E-state index contributed by atoms with van der Waals surface area (Å²) < 4.78 is 5.15. The van der Waals surface area contributed by atoms with Crippen molar-refractivity contribution >= 4 is 23.4 Å². The van der Waals surface area contributed by atoms with Gasteiger partial charge in [-0.2, -0.15) is 0 Å². The van der Waals surface area contributed by atoms with Crippen molar-refractivity contribution in [2.24, 2.45) is 0 Å². The number of H-pyrrole nitrogens is 1. The van der Waals surface area contributed by atoms with Gasteiger partial charge in [0.1, 0.15) is 5.75 Å². The number of nitrogens with one attached hydrogen (secondary N) is 2. The Bertz CT molecular complexity index is 953. The number of aryl methyl sites for hydroxylation is 2. The Labute approximate surface area is 161 Å². The van der Waals surface area contributed by atoms with Crippen LogP contribution in [0.5, 0.6) is 5.75 Å². The zero-order valence-electron chi connectivity index (χ0n) is 15.0. The number of thioether (sulfide) groups is 1. The maximum atomic E-state index is 12.2.